The summed E-state index contributed by atoms with van der Waals surface area (Å²) in [5, 5.41) is 9.28. The van der Waals surface area contributed by atoms with E-state index in [1.165, 1.54) is 16.7 Å². The SMILES string of the molecule is CC[C@H](C)[C@H](NC(=O)[C@@H]1Cc2ccccc2CN1)C(=O)Nc1ccc(C(C)C)cc1. The highest BCUT2D eigenvalue weighted by Gasteiger charge is 2.30. The molecule has 1 aliphatic rings. The Morgan fingerprint density at radius 3 is 2.33 bits per heavy atom. The molecule has 30 heavy (non-hydrogen) atoms. The van der Waals surface area contributed by atoms with Gasteiger partial charge < -0.3 is 16.0 Å². The second kappa shape index (κ2) is 9.90. The lowest BCUT2D eigenvalue weighted by atomic mass is 9.94. The Hall–Kier alpha value is -2.66. The summed E-state index contributed by atoms with van der Waals surface area (Å²) in [6.07, 6.45) is 1.43. The van der Waals surface area contributed by atoms with Crippen LogP contribution in [0.15, 0.2) is 48.5 Å². The van der Waals surface area contributed by atoms with Gasteiger partial charge in [0.25, 0.3) is 0 Å². The zero-order valence-corrected chi connectivity index (χ0v) is 18.4. The first-order chi connectivity index (χ1) is 14.4. The van der Waals surface area contributed by atoms with E-state index in [1.54, 1.807) is 0 Å². The van der Waals surface area contributed by atoms with Crippen molar-refractivity contribution in [3.05, 3.63) is 65.2 Å². The van der Waals surface area contributed by atoms with Gasteiger partial charge in [0.15, 0.2) is 0 Å². The van der Waals surface area contributed by atoms with Gasteiger partial charge in [-0.15, -0.1) is 0 Å². The van der Waals surface area contributed by atoms with E-state index in [0.717, 1.165) is 12.1 Å². The van der Waals surface area contributed by atoms with Gasteiger partial charge in [0.05, 0.1) is 6.04 Å². The molecule has 1 aliphatic heterocycles. The van der Waals surface area contributed by atoms with E-state index in [-0.39, 0.29) is 23.8 Å². The molecule has 5 nitrogen and oxygen atoms in total. The van der Waals surface area contributed by atoms with Crippen molar-refractivity contribution in [3.63, 3.8) is 0 Å². The zero-order valence-electron chi connectivity index (χ0n) is 18.4. The maximum Gasteiger partial charge on any atom is 0.247 e. The first-order valence-electron chi connectivity index (χ1n) is 10.9. The Kier molecular flexibility index (Phi) is 7.27. The van der Waals surface area contributed by atoms with Gasteiger partial charge in [-0.05, 0) is 47.1 Å². The predicted octanol–water partition coefficient (Wildman–Crippen LogP) is 3.99. The summed E-state index contributed by atoms with van der Waals surface area (Å²) in [7, 11) is 0. The molecule has 0 spiro atoms. The molecular weight excluding hydrogens is 374 g/mol. The van der Waals surface area contributed by atoms with Gasteiger partial charge in [-0.1, -0.05) is 70.5 Å². The fraction of sp³-hybridized carbons (Fsp3) is 0.440. The lowest BCUT2D eigenvalue weighted by Gasteiger charge is -2.29. The van der Waals surface area contributed by atoms with Crippen LogP contribution in [-0.4, -0.2) is 23.9 Å². The van der Waals surface area contributed by atoms with Crippen molar-refractivity contribution in [1.82, 2.24) is 10.6 Å². The molecule has 2 aromatic rings. The van der Waals surface area contributed by atoms with Crippen LogP contribution in [0.25, 0.3) is 0 Å². The number of benzene rings is 2. The van der Waals surface area contributed by atoms with Crippen LogP contribution in [0.4, 0.5) is 5.69 Å². The van der Waals surface area contributed by atoms with Crippen LogP contribution in [-0.2, 0) is 22.6 Å². The average Bonchev–Trinajstić information content (AvgIpc) is 2.76. The molecule has 3 atom stereocenters. The van der Waals surface area contributed by atoms with E-state index < -0.39 is 6.04 Å². The van der Waals surface area contributed by atoms with Gasteiger partial charge in [-0.25, -0.2) is 0 Å². The summed E-state index contributed by atoms with van der Waals surface area (Å²) >= 11 is 0. The molecule has 0 saturated carbocycles. The number of carbonyl (C=O) groups is 2. The highest BCUT2D eigenvalue weighted by molar-refractivity contribution is 5.98. The van der Waals surface area contributed by atoms with Crippen molar-refractivity contribution in [3.8, 4) is 0 Å². The molecule has 160 valence electrons. The van der Waals surface area contributed by atoms with Crippen molar-refractivity contribution in [2.24, 2.45) is 5.92 Å². The number of amides is 2. The van der Waals surface area contributed by atoms with Crippen LogP contribution in [0.2, 0.25) is 0 Å². The number of hydrogen-bond acceptors (Lipinski definition) is 3. The Labute approximate surface area is 179 Å². The Bertz CT molecular complexity index is 876. The van der Waals surface area contributed by atoms with Crippen LogP contribution in [0.5, 0.6) is 0 Å². The third-order valence-electron chi connectivity index (χ3n) is 6.04. The predicted molar refractivity (Wildman–Crippen MR) is 121 cm³/mol. The molecule has 0 radical (unpaired) electrons. The van der Waals surface area contributed by atoms with Crippen LogP contribution < -0.4 is 16.0 Å². The first-order valence-corrected chi connectivity index (χ1v) is 10.9. The van der Waals surface area contributed by atoms with Crippen LogP contribution in [0.3, 0.4) is 0 Å². The fourth-order valence-corrected chi connectivity index (χ4v) is 3.77. The van der Waals surface area contributed by atoms with E-state index in [0.29, 0.717) is 18.9 Å². The minimum atomic E-state index is -0.578. The topological polar surface area (TPSA) is 70.2 Å². The minimum Gasteiger partial charge on any atom is -0.343 e. The van der Waals surface area contributed by atoms with Gasteiger partial charge in [0.2, 0.25) is 11.8 Å². The van der Waals surface area contributed by atoms with Gasteiger partial charge in [0.1, 0.15) is 6.04 Å². The van der Waals surface area contributed by atoms with E-state index in [2.05, 4.69) is 41.9 Å². The van der Waals surface area contributed by atoms with Crippen LogP contribution in [0, 0.1) is 5.92 Å². The Morgan fingerprint density at radius 1 is 1.03 bits per heavy atom. The molecule has 0 bridgehead atoms. The smallest absolute Gasteiger partial charge is 0.247 e. The van der Waals surface area contributed by atoms with Crippen molar-refractivity contribution in [1.29, 1.82) is 0 Å². The summed E-state index contributed by atoms with van der Waals surface area (Å²) in [4.78, 5) is 26.0. The summed E-state index contributed by atoms with van der Waals surface area (Å²) in [6, 6.07) is 15.1. The number of anilines is 1. The standard InChI is InChI=1S/C25H33N3O2/c1-5-17(4)23(25(30)27-21-12-10-18(11-13-21)16(2)3)28-24(29)22-14-19-8-6-7-9-20(19)15-26-22/h6-13,16-17,22-23,26H,5,14-15H2,1-4H3,(H,27,30)(H,28,29)/t17-,22-,23-/m0/s1. The molecule has 0 aromatic heterocycles. The normalized spacial score (nSPS) is 17.7. The highest BCUT2D eigenvalue weighted by Crippen LogP contribution is 2.19. The number of hydrogen-bond donors (Lipinski definition) is 3. The summed E-state index contributed by atoms with van der Waals surface area (Å²) < 4.78 is 0. The van der Waals surface area contributed by atoms with Gasteiger partial charge in [-0.2, -0.15) is 0 Å². The summed E-state index contributed by atoms with van der Waals surface area (Å²) in [5.74, 6) is 0.168. The average molecular weight is 408 g/mol. The molecule has 0 unspecified atom stereocenters. The molecule has 0 saturated heterocycles. The molecule has 0 fully saturated rings. The Balaban J connectivity index is 1.66. The number of rotatable bonds is 7. The number of nitrogens with one attached hydrogen (secondary N) is 3. The molecule has 5 heteroatoms. The minimum absolute atomic E-state index is 0.0276. The summed E-state index contributed by atoms with van der Waals surface area (Å²) in [6.45, 7) is 8.97. The zero-order chi connectivity index (χ0) is 21.7. The third-order valence-corrected chi connectivity index (χ3v) is 6.04. The monoisotopic (exact) mass is 407 g/mol. The Morgan fingerprint density at radius 2 is 1.70 bits per heavy atom. The number of fused-ring (bicyclic) bond motifs is 1. The van der Waals surface area contributed by atoms with E-state index >= 15 is 0 Å². The first kappa shape index (κ1) is 22.0. The fourth-order valence-electron chi connectivity index (χ4n) is 3.77. The van der Waals surface area contributed by atoms with Gasteiger partial charge in [0, 0.05) is 12.2 Å². The van der Waals surface area contributed by atoms with Gasteiger partial charge >= 0.3 is 0 Å². The quantitative estimate of drug-likeness (QED) is 0.650. The molecule has 1 heterocycles. The van der Waals surface area contributed by atoms with Gasteiger partial charge in [-0.3, -0.25) is 9.59 Å². The molecule has 3 rings (SSSR count). The lowest BCUT2D eigenvalue weighted by molar-refractivity contribution is -0.129. The second-order valence-electron chi connectivity index (χ2n) is 8.54. The lowest BCUT2D eigenvalue weighted by Crippen LogP contribution is -2.55. The maximum absolute atomic E-state index is 13.0. The molecule has 2 amide bonds. The third kappa shape index (κ3) is 5.28. The highest BCUT2D eigenvalue weighted by atomic mass is 16.2. The van der Waals surface area contributed by atoms with E-state index in [9.17, 15) is 9.59 Å². The largest absolute Gasteiger partial charge is 0.343 e. The molecular formula is C25H33N3O2. The van der Waals surface area contributed by atoms with Crippen LogP contribution in [0.1, 0.15) is 56.7 Å². The van der Waals surface area contributed by atoms with Crippen LogP contribution >= 0.6 is 0 Å². The number of carbonyl (C=O) groups excluding carboxylic acids is 2. The molecule has 2 aromatic carbocycles. The summed E-state index contributed by atoms with van der Waals surface area (Å²) in [5.41, 5.74) is 4.38. The van der Waals surface area contributed by atoms with Crippen molar-refractivity contribution in [2.75, 3.05) is 5.32 Å². The molecule has 0 aliphatic carbocycles. The molecule has 3 N–H and O–H groups in total. The van der Waals surface area contributed by atoms with Crippen molar-refractivity contribution < 1.29 is 9.59 Å². The maximum atomic E-state index is 13.0. The van der Waals surface area contributed by atoms with E-state index in [1.807, 2.05) is 50.2 Å². The van der Waals surface area contributed by atoms with Crippen molar-refractivity contribution >= 4 is 17.5 Å². The van der Waals surface area contributed by atoms with Crippen molar-refractivity contribution in [2.45, 2.75) is 65.1 Å². The van der Waals surface area contributed by atoms with E-state index in [4.69, 9.17) is 0 Å². The second-order valence-corrected chi connectivity index (χ2v) is 8.54.